The van der Waals surface area contributed by atoms with Crippen molar-refractivity contribution < 1.29 is 9.53 Å². The Hall–Kier alpha value is -1.32. The minimum absolute atomic E-state index is 0.0914. The average Bonchev–Trinajstić information content (AvgIpc) is 2.76. The Labute approximate surface area is 115 Å². The minimum Gasteiger partial charge on any atom is -0.496 e. The molecule has 18 heavy (non-hydrogen) atoms. The molecule has 0 unspecified atom stereocenters. The predicted molar refractivity (Wildman–Crippen MR) is 75.1 cm³/mol. The van der Waals surface area contributed by atoms with Gasteiger partial charge in [0.2, 0.25) is 0 Å². The van der Waals surface area contributed by atoms with Gasteiger partial charge in [-0.3, -0.25) is 4.79 Å². The lowest BCUT2D eigenvalue weighted by molar-refractivity contribution is 0.0996. The van der Waals surface area contributed by atoms with Crippen LogP contribution in [0.1, 0.15) is 20.1 Å². The molecule has 0 aliphatic rings. The van der Waals surface area contributed by atoms with Crippen LogP contribution in [-0.4, -0.2) is 12.9 Å². The van der Waals surface area contributed by atoms with Crippen LogP contribution in [0, 0.1) is 6.92 Å². The Bertz CT molecular complexity index is 575. The molecule has 0 N–H and O–H groups in total. The van der Waals surface area contributed by atoms with E-state index < -0.39 is 0 Å². The highest BCUT2D eigenvalue weighted by Gasteiger charge is 2.12. The van der Waals surface area contributed by atoms with Crippen LogP contribution >= 0.6 is 22.9 Å². The van der Waals surface area contributed by atoms with Crippen LogP contribution in [0.4, 0.5) is 0 Å². The van der Waals surface area contributed by atoms with Crippen LogP contribution in [0.15, 0.2) is 30.3 Å². The Morgan fingerprint density at radius 2 is 2.11 bits per heavy atom. The van der Waals surface area contributed by atoms with Crippen molar-refractivity contribution in [2.75, 3.05) is 7.11 Å². The van der Waals surface area contributed by atoms with Crippen LogP contribution in [0.3, 0.4) is 0 Å². The van der Waals surface area contributed by atoms with Gasteiger partial charge < -0.3 is 4.74 Å². The second-order valence-electron chi connectivity index (χ2n) is 3.97. The van der Waals surface area contributed by atoms with Crippen molar-refractivity contribution in [2.24, 2.45) is 0 Å². The highest BCUT2D eigenvalue weighted by molar-refractivity contribution is 7.14. The van der Waals surface area contributed by atoms with Gasteiger partial charge in [0.25, 0.3) is 0 Å². The number of methoxy groups -OCH3 is 1. The largest absolute Gasteiger partial charge is 0.496 e. The van der Waals surface area contributed by atoms with Crippen molar-refractivity contribution in [3.8, 4) is 5.75 Å². The van der Waals surface area contributed by atoms with Crippen molar-refractivity contribution in [1.29, 1.82) is 0 Å². The summed E-state index contributed by atoms with van der Waals surface area (Å²) in [4.78, 5) is 14.0. The molecule has 2 nitrogen and oxygen atoms in total. The van der Waals surface area contributed by atoms with Gasteiger partial charge in [-0.1, -0.05) is 11.6 Å². The predicted octanol–water partition coefficient (Wildman–Crippen LogP) is 4.14. The fraction of sp³-hybridized carbons (Fsp3) is 0.214. The van der Waals surface area contributed by atoms with E-state index in [1.165, 1.54) is 11.3 Å². The molecule has 94 valence electrons. The van der Waals surface area contributed by atoms with Gasteiger partial charge >= 0.3 is 0 Å². The summed E-state index contributed by atoms with van der Waals surface area (Å²) in [5.41, 5.74) is 0.820. The van der Waals surface area contributed by atoms with Crippen LogP contribution < -0.4 is 4.74 Å². The summed E-state index contributed by atoms with van der Waals surface area (Å²) in [6.07, 6.45) is 0.309. The van der Waals surface area contributed by atoms with E-state index >= 15 is 0 Å². The van der Waals surface area contributed by atoms with Gasteiger partial charge in [0.1, 0.15) is 5.75 Å². The Balaban J connectivity index is 2.23. The van der Waals surface area contributed by atoms with Crippen molar-refractivity contribution >= 4 is 28.7 Å². The third-order valence-corrected chi connectivity index (χ3v) is 3.89. The average molecular weight is 281 g/mol. The van der Waals surface area contributed by atoms with E-state index in [1.807, 2.05) is 19.1 Å². The van der Waals surface area contributed by atoms with Gasteiger partial charge in [-0.15, -0.1) is 11.3 Å². The number of carbonyl (C=O) groups is 1. The molecule has 0 bridgehead atoms. The number of hydrogen-bond acceptors (Lipinski definition) is 3. The SMILES string of the molecule is COc1ccc(Cl)cc1CC(=O)c1ccc(C)s1. The molecule has 0 aliphatic heterocycles. The van der Waals surface area contributed by atoms with Gasteiger partial charge in [-0.2, -0.15) is 0 Å². The molecule has 0 spiro atoms. The third kappa shape index (κ3) is 2.92. The monoisotopic (exact) mass is 280 g/mol. The molecule has 2 rings (SSSR count). The summed E-state index contributed by atoms with van der Waals surface area (Å²) in [5.74, 6) is 0.787. The molecule has 0 aliphatic carbocycles. The van der Waals surface area contributed by atoms with Crippen molar-refractivity contribution in [3.63, 3.8) is 0 Å². The summed E-state index contributed by atoms with van der Waals surface area (Å²) in [5, 5.41) is 0.612. The van der Waals surface area contributed by atoms with Gasteiger partial charge in [-0.25, -0.2) is 0 Å². The summed E-state index contributed by atoms with van der Waals surface area (Å²) < 4.78 is 5.23. The Morgan fingerprint density at radius 3 is 2.72 bits per heavy atom. The van der Waals surface area contributed by atoms with Crippen molar-refractivity contribution in [2.45, 2.75) is 13.3 Å². The first kappa shape index (κ1) is 13.1. The summed E-state index contributed by atoms with van der Waals surface area (Å²) in [6, 6.07) is 9.12. The van der Waals surface area contributed by atoms with Crippen molar-refractivity contribution in [1.82, 2.24) is 0 Å². The second-order valence-corrected chi connectivity index (χ2v) is 5.69. The maximum absolute atomic E-state index is 12.1. The minimum atomic E-state index is 0.0914. The first-order valence-corrected chi connectivity index (χ1v) is 6.71. The van der Waals surface area contributed by atoms with Gasteiger partial charge in [0.05, 0.1) is 12.0 Å². The molecule has 0 radical (unpaired) electrons. The second kappa shape index (κ2) is 5.55. The number of rotatable bonds is 4. The maximum Gasteiger partial charge on any atom is 0.177 e. The fourth-order valence-corrected chi connectivity index (χ4v) is 2.73. The molecule has 0 atom stereocenters. The smallest absolute Gasteiger partial charge is 0.177 e. The number of Topliss-reactive ketones (excluding diaryl/α,β-unsaturated/α-hetero) is 1. The molecule has 0 fully saturated rings. The standard InChI is InChI=1S/C14H13ClO2S/c1-9-3-6-14(18-9)12(16)8-10-7-11(15)4-5-13(10)17-2/h3-7H,8H2,1-2H3. The van der Waals surface area contributed by atoms with Crippen LogP contribution in [0.5, 0.6) is 5.75 Å². The third-order valence-electron chi connectivity index (χ3n) is 2.61. The van der Waals surface area contributed by atoms with E-state index in [0.717, 1.165) is 15.3 Å². The number of thiophene rings is 1. The molecule has 0 amide bonds. The number of ketones is 1. The molecule has 1 aromatic carbocycles. The highest BCUT2D eigenvalue weighted by Crippen LogP contribution is 2.25. The normalized spacial score (nSPS) is 10.4. The number of benzene rings is 1. The van der Waals surface area contributed by atoms with Gasteiger partial charge in [0.15, 0.2) is 5.78 Å². The van der Waals surface area contributed by atoms with Gasteiger partial charge in [-0.05, 0) is 37.3 Å². The first-order chi connectivity index (χ1) is 8.60. The van der Waals surface area contributed by atoms with Crippen molar-refractivity contribution in [3.05, 3.63) is 50.7 Å². The molecular weight excluding hydrogens is 268 g/mol. The molecule has 0 saturated carbocycles. The summed E-state index contributed by atoms with van der Waals surface area (Å²) >= 11 is 7.45. The fourth-order valence-electron chi connectivity index (χ4n) is 1.73. The Kier molecular flexibility index (Phi) is 4.04. The molecule has 2 aromatic rings. The number of ether oxygens (including phenoxy) is 1. The van der Waals surface area contributed by atoms with Crippen LogP contribution in [0.2, 0.25) is 5.02 Å². The zero-order chi connectivity index (χ0) is 13.1. The highest BCUT2D eigenvalue weighted by atomic mass is 35.5. The lowest BCUT2D eigenvalue weighted by Gasteiger charge is -2.07. The topological polar surface area (TPSA) is 26.3 Å². The summed E-state index contributed by atoms with van der Waals surface area (Å²) in [7, 11) is 1.59. The van der Waals surface area contributed by atoms with Crippen LogP contribution in [-0.2, 0) is 6.42 Å². The molecular formula is C14H13ClO2S. The zero-order valence-corrected chi connectivity index (χ0v) is 11.8. The number of aryl methyl sites for hydroxylation is 1. The lowest BCUT2D eigenvalue weighted by Crippen LogP contribution is -2.03. The molecule has 1 aromatic heterocycles. The first-order valence-electron chi connectivity index (χ1n) is 5.52. The zero-order valence-electron chi connectivity index (χ0n) is 10.2. The molecule has 0 saturated heterocycles. The van der Waals surface area contributed by atoms with E-state index in [4.69, 9.17) is 16.3 Å². The lowest BCUT2D eigenvalue weighted by atomic mass is 10.1. The Morgan fingerprint density at radius 1 is 1.33 bits per heavy atom. The van der Waals surface area contributed by atoms with E-state index in [9.17, 15) is 4.79 Å². The number of hydrogen-bond donors (Lipinski definition) is 0. The maximum atomic E-state index is 12.1. The molecule has 4 heteroatoms. The summed E-state index contributed by atoms with van der Waals surface area (Å²) in [6.45, 7) is 1.99. The van der Waals surface area contributed by atoms with Crippen LogP contribution in [0.25, 0.3) is 0 Å². The van der Waals surface area contributed by atoms with E-state index in [2.05, 4.69) is 0 Å². The van der Waals surface area contributed by atoms with E-state index in [-0.39, 0.29) is 5.78 Å². The number of carbonyl (C=O) groups excluding carboxylic acids is 1. The quantitative estimate of drug-likeness (QED) is 0.787. The van der Waals surface area contributed by atoms with E-state index in [0.29, 0.717) is 17.2 Å². The van der Waals surface area contributed by atoms with E-state index in [1.54, 1.807) is 25.3 Å². The molecule has 1 heterocycles. The number of halogens is 1. The van der Waals surface area contributed by atoms with Gasteiger partial charge in [0, 0.05) is 21.9 Å².